The van der Waals surface area contributed by atoms with Crippen LogP contribution in [0, 0.1) is 0 Å². The Morgan fingerprint density at radius 3 is 2.92 bits per heavy atom. The number of hydrogen-bond donors (Lipinski definition) is 3. The molecule has 2 rings (SSSR count). The quantitative estimate of drug-likeness (QED) is 0.560. The lowest BCUT2D eigenvalue weighted by Crippen LogP contribution is -2.12. The van der Waals surface area contributed by atoms with Crippen LogP contribution in [-0.4, -0.2) is 26.6 Å². The van der Waals surface area contributed by atoms with Crippen molar-refractivity contribution >= 4 is 0 Å². The summed E-state index contributed by atoms with van der Waals surface area (Å²) in [5.41, 5.74) is 2.92. The predicted molar refractivity (Wildman–Crippen MR) is 45.8 cm³/mol. The van der Waals surface area contributed by atoms with Crippen molar-refractivity contribution in [3.05, 3.63) is 17.0 Å². The second-order valence-corrected chi connectivity index (χ2v) is 3.08. The minimum absolute atomic E-state index is 0.00991. The molecule has 0 saturated heterocycles. The van der Waals surface area contributed by atoms with Crippen molar-refractivity contribution in [3.63, 3.8) is 0 Å². The molecule has 5 nitrogen and oxygen atoms in total. The average molecular weight is 183 g/mol. The van der Waals surface area contributed by atoms with Gasteiger partial charge in [-0.15, -0.1) is 0 Å². The molecule has 0 atom stereocenters. The van der Waals surface area contributed by atoms with Crippen LogP contribution in [-0.2, 0) is 26.2 Å². The lowest BCUT2D eigenvalue weighted by Gasteiger charge is -2.04. The summed E-state index contributed by atoms with van der Waals surface area (Å²) >= 11 is 0. The van der Waals surface area contributed by atoms with E-state index in [1.165, 1.54) is 0 Å². The normalized spacial score (nSPS) is 14.9. The molecular formula is C8H13N3O2. The third kappa shape index (κ3) is 1.35. The fourth-order valence-corrected chi connectivity index (χ4v) is 1.70. The maximum absolute atomic E-state index is 9.13. The minimum atomic E-state index is -0.00991. The van der Waals surface area contributed by atoms with Gasteiger partial charge in [0.05, 0.1) is 31.1 Å². The van der Waals surface area contributed by atoms with Gasteiger partial charge in [-0.25, -0.2) is 0 Å². The monoisotopic (exact) mass is 183 g/mol. The molecule has 1 aliphatic rings. The molecule has 1 aromatic rings. The summed E-state index contributed by atoms with van der Waals surface area (Å²) in [6.45, 7) is 2.05. The third-order valence-corrected chi connectivity index (χ3v) is 2.31. The lowest BCUT2D eigenvalue weighted by atomic mass is 10.2. The Labute approximate surface area is 76.0 Å². The SMILES string of the molecule is OCCn1nc2c(c1CO)CNC2. The van der Waals surface area contributed by atoms with Crippen LogP contribution in [0.5, 0.6) is 0 Å². The highest BCUT2D eigenvalue weighted by atomic mass is 16.3. The third-order valence-electron chi connectivity index (χ3n) is 2.31. The molecule has 2 heterocycles. The number of nitrogens with one attached hydrogen (secondary N) is 1. The second-order valence-electron chi connectivity index (χ2n) is 3.08. The molecule has 72 valence electrons. The lowest BCUT2D eigenvalue weighted by molar-refractivity contribution is 0.242. The van der Waals surface area contributed by atoms with Gasteiger partial charge in [0.1, 0.15) is 0 Å². The van der Waals surface area contributed by atoms with Gasteiger partial charge in [-0.1, -0.05) is 0 Å². The summed E-state index contributed by atoms with van der Waals surface area (Å²) in [6, 6.07) is 0. The molecular weight excluding hydrogens is 170 g/mol. The highest BCUT2D eigenvalue weighted by Gasteiger charge is 2.20. The smallest absolute Gasteiger partial charge is 0.0853 e. The van der Waals surface area contributed by atoms with Crippen LogP contribution in [0.25, 0.3) is 0 Å². The van der Waals surface area contributed by atoms with E-state index in [1.807, 2.05) is 0 Å². The molecule has 1 aromatic heterocycles. The average Bonchev–Trinajstić information content (AvgIpc) is 2.64. The Kier molecular flexibility index (Phi) is 2.30. The van der Waals surface area contributed by atoms with E-state index in [9.17, 15) is 0 Å². The highest BCUT2D eigenvalue weighted by molar-refractivity contribution is 5.29. The first-order chi connectivity index (χ1) is 6.36. The van der Waals surface area contributed by atoms with Crippen LogP contribution in [0.4, 0.5) is 0 Å². The number of aromatic nitrogens is 2. The van der Waals surface area contributed by atoms with E-state index >= 15 is 0 Å². The zero-order valence-electron chi connectivity index (χ0n) is 7.32. The van der Waals surface area contributed by atoms with E-state index in [1.54, 1.807) is 4.68 Å². The van der Waals surface area contributed by atoms with E-state index in [0.717, 1.165) is 30.0 Å². The maximum atomic E-state index is 9.13. The second kappa shape index (κ2) is 3.45. The molecule has 5 heteroatoms. The molecule has 1 aliphatic heterocycles. The first kappa shape index (κ1) is 8.68. The zero-order chi connectivity index (χ0) is 9.26. The summed E-state index contributed by atoms with van der Waals surface area (Å²) in [5.74, 6) is 0. The standard InChI is InChI=1S/C8H13N3O2/c12-2-1-11-8(5-13)6-3-9-4-7(6)10-11/h9,12-13H,1-5H2. The first-order valence-corrected chi connectivity index (χ1v) is 4.36. The molecule has 0 saturated carbocycles. The van der Waals surface area contributed by atoms with Gasteiger partial charge >= 0.3 is 0 Å². The van der Waals surface area contributed by atoms with Crippen LogP contribution in [0.2, 0.25) is 0 Å². The molecule has 0 bridgehead atoms. The van der Waals surface area contributed by atoms with Crippen molar-refractivity contribution in [3.8, 4) is 0 Å². The van der Waals surface area contributed by atoms with E-state index in [0.29, 0.717) is 6.54 Å². The molecule has 0 aromatic carbocycles. The van der Waals surface area contributed by atoms with Gasteiger partial charge in [0.25, 0.3) is 0 Å². The van der Waals surface area contributed by atoms with Gasteiger partial charge in [-0.2, -0.15) is 5.10 Å². The van der Waals surface area contributed by atoms with Gasteiger partial charge in [0, 0.05) is 18.7 Å². The molecule has 3 N–H and O–H groups in total. The van der Waals surface area contributed by atoms with E-state index in [2.05, 4.69) is 10.4 Å². The van der Waals surface area contributed by atoms with Crippen LogP contribution >= 0.6 is 0 Å². The van der Waals surface area contributed by atoms with Crippen molar-refractivity contribution < 1.29 is 10.2 Å². The molecule has 0 aliphatic carbocycles. The Balaban J connectivity index is 2.35. The van der Waals surface area contributed by atoms with Gasteiger partial charge in [-0.05, 0) is 0 Å². The molecule has 0 radical (unpaired) electrons. The predicted octanol–water partition coefficient (Wildman–Crippen LogP) is -1.03. The maximum Gasteiger partial charge on any atom is 0.0853 e. The summed E-state index contributed by atoms with van der Waals surface area (Å²) < 4.78 is 1.69. The minimum Gasteiger partial charge on any atom is -0.394 e. The molecule has 0 spiro atoms. The Hall–Kier alpha value is -0.910. The van der Waals surface area contributed by atoms with Gasteiger partial charge in [0.2, 0.25) is 0 Å². The topological polar surface area (TPSA) is 70.3 Å². The number of rotatable bonds is 3. The van der Waals surface area contributed by atoms with Crippen molar-refractivity contribution in [1.82, 2.24) is 15.1 Å². The van der Waals surface area contributed by atoms with Crippen molar-refractivity contribution in [2.45, 2.75) is 26.2 Å². The van der Waals surface area contributed by atoms with Crippen LogP contribution in [0.3, 0.4) is 0 Å². The summed E-state index contributed by atoms with van der Waals surface area (Å²) in [4.78, 5) is 0. The van der Waals surface area contributed by atoms with E-state index < -0.39 is 0 Å². The Morgan fingerprint density at radius 2 is 2.23 bits per heavy atom. The number of aliphatic hydroxyl groups excluding tert-OH is 2. The molecule has 0 unspecified atom stereocenters. The Bertz CT molecular complexity index is 309. The molecule has 13 heavy (non-hydrogen) atoms. The molecule has 0 amide bonds. The summed E-state index contributed by atoms with van der Waals surface area (Å²) in [7, 11) is 0. The van der Waals surface area contributed by atoms with E-state index in [-0.39, 0.29) is 13.2 Å². The number of aliphatic hydroxyl groups is 2. The van der Waals surface area contributed by atoms with Crippen molar-refractivity contribution in [2.75, 3.05) is 6.61 Å². The fraction of sp³-hybridized carbons (Fsp3) is 0.625. The largest absolute Gasteiger partial charge is 0.394 e. The van der Waals surface area contributed by atoms with Crippen molar-refractivity contribution in [2.24, 2.45) is 0 Å². The first-order valence-electron chi connectivity index (χ1n) is 4.36. The van der Waals surface area contributed by atoms with Gasteiger partial charge in [-0.3, -0.25) is 4.68 Å². The summed E-state index contributed by atoms with van der Waals surface area (Å²) in [6.07, 6.45) is 0. The number of nitrogens with zero attached hydrogens (tertiary/aromatic N) is 2. The van der Waals surface area contributed by atoms with Crippen LogP contribution in [0.1, 0.15) is 17.0 Å². The summed E-state index contributed by atoms with van der Waals surface area (Å²) in [5, 5.41) is 25.3. The fourth-order valence-electron chi connectivity index (χ4n) is 1.70. The number of hydrogen-bond acceptors (Lipinski definition) is 4. The Morgan fingerprint density at radius 1 is 1.38 bits per heavy atom. The van der Waals surface area contributed by atoms with E-state index in [4.69, 9.17) is 10.2 Å². The zero-order valence-corrected chi connectivity index (χ0v) is 7.32. The van der Waals surface area contributed by atoms with Gasteiger partial charge in [0.15, 0.2) is 0 Å². The van der Waals surface area contributed by atoms with Gasteiger partial charge < -0.3 is 15.5 Å². The molecule has 0 fully saturated rings. The number of fused-ring (bicyclic) bond motifs is 1. The van der Waals surface area contributed by atoms with Crippen LogP contribution in [0.15, 0.2) is 0 Å². The van der Waals surface area contributed by atoms with Crippen molar-refractivity contribution in [1.29, 1.82) is 0 Å². The van der Waals surface area contributed by atoms with Crippen LogP contribution < -0.4 is 5.32 Å². The highest BCUT2D eigenvalue weighted by Crippen LogP contribution is 2.19.